The second-order valence-electron chi connectivity index (χ2n) is 7.84. The monoisotopic (exact) mass is 498 g/mol. The van der Waals surface area contributed by atoms with Crippen molar-refractivity contribution < 1.29 is 0 Å². The highest BCUT2D eigenvalue weighted by molar-refractivity contribution is 6.30. The lowest BCUT2D eigenvalue weighted by molar-refractivity contribution is 0.969. The molecule has 0 aromatic heterocycles. The van der Waals surface area contributed by atoms with E-state index < -0.39 is 0 Å². The van der Waals surface area contributed by atoms with Crippen molar-refractivity contribution in [1.29, 1.82) is 0 Å². The van der Waals surface area contributed by atoms with Crippen LogP contribution in [0.4, 0.5) is 11.4 Å². The number of fused-ring (bicyclic) bond motifs is 1. The summed E-state index contributed by atoms with van der Waals surface area (Å²) in [6.07, 6.45) is 0.987. The van der Waals surface area contributed by atoms with Crippen LogP contribution in [-0.4, -0.2) is 6.54 Å². The number of anilines is 2. The van der Waals surface area contributed by atoms with Gasteiger partial charge in [-0.15, -0.1) is 0 Å². The van der Waals surface area contributed by atoms with Crippen LogP contribution in [0.25, 0.3) is 10.8 Å². The summed E-state index contributed by atoms with van der Waals surface area (Å²) in [6, 6.07) is 41.4. The summed E-state index contributed by atoms with van der Waals surface area (Å²) in [5, 5.41) is 3.02. The molecule has 5 rings (SSSR count). The van der Waals surface area contributed by atoms with Crippen molar-refractivity contribution in [1.82, 2.24) is 0 Å². The van der Waals surface area contributed by atoms with Crippen LogP contribution >= 0.6 is 11.6 Å². The number of nitrogens with two attached hydrogens (primary N) is 4. The number of benzene rings is 5. The Labute approximate surface area is 219 Å². The van der Waals surface area contributed by atoms with Gasteiger partial charge in [0.25, 0.3) is 0 Å². The van der Waals surface area contributed by atoms with Gasteiger partial charge in [0, 0.05) is 28.3 Å². The molecule has 0 saturated heterocycles. The normalized spacial score (nSPS) is 9.53. The molecular weight excluding hydrogens is 464 g/mol. The molecule has 5 aromatic carbocycles. The third-order valence-electron chi connectivity index (χ3n) is 5.03. The van der Waals surface area contributed by atoms with Crippen LogP contribution in [0.1, 0.15) is 11.1 Å². The summed E-state index contributed by atoms with van der Waals surface area (Å²) in [5.74, 6) is 0. The third-order valence-corrected chi connectivity index (χ3v) is 5.26. The Morgan fingerprint density at radius 3 is 1.61 bits per heavy atom. The first kappa shape index (κ1) is 28.4. The minimum atomic E-state index is 0.640. The lowest BCUT2D eigenvalue weighted by atomic mass is 10.1. The summed E-state index contributed by atoms with van der Waals surface area (Å²) in [5.41, 5.74) is 25.9. The second kappa shape index (κ2) is 16.7. The van der Waals surface area contributed by atoms with Crippen LogP contribution in [0.5, 0.6) is 0 Å². The Kier molecular flexibility index (Phi) is 13.2. The molecule has 0 atom stereocenters. The average molecular weight is 499 g/mol. The molecule has 5 heteroatoms. The van der Waals surface area contributed by atoms with Gasteiger partial charge < -0.3 is 22.9 Å². The zero-order valence-electron chi connectivity index (χ0n) is 20.4. The van der Waals surface area contributed by atoms with Crippen LogP contribution in [0.2, 0.25) is 5.02 Å². The van der Waals surface area contributed by atoms with Gasteiger partial charge in [-0.1, -0.05) is 115 Å². The predicted octanol–water partition coefficient (Wildman–Crippen LogP) is 6.68. The van der Waals surface area contributed by atoms with Crippen molar-refractivity contribution in [2.45, 2.75) is 13.0 Å². The van der Waals surface area contributed by atoms with E-state index in [0.717, 1.165) is 24.0 Å². The van der Waals surface area contributed by atoms with Crippen LogP contribution < -0.4 is 22.9 Å². The Morgan fingerprint density at radius 1 is 0.556 bits per heavy atom. The van der Waals surface area contributed by atoms with Gasteiger partial charge in [0.2, 0.25) is 0 Å². The van der Waals surface area contributed by atoms with Gasteiger partial charge in [-0.05, 0) is 53.7 Å². The van der Waals surface area contributed by atoms with Gasteiger partial charge in [0.05, 0.1) is 0 Å². The van der Waals surface area contributed by atoms with Crippen molar-refractivity contribution in [2.24, 2.45) is 11.5 Å². The van der Waals surface area contributed by atoms with Gasteiger partial charge in [-0.25, -0.2) is 0 Å². The van der Waals surface area contributed by atoms with Crippen molar-refractivity contribution in [3.63, 3.8) is 0 Å². The molecule has 0 spiro atoms. The van der Waals surface area contributed by atoms with E-state index in [9.17, 15) is 0 Å². The van der Waals surface area contributed by atoms with E-state index in [1.165, 1.54) is 16.5 Å². The number of nitrogen functional groups attached to an aromatic ring is 2. The lowest BCUT2D eigenvalue weighted by Gasteiger charge is -1.98. The number of hydrogen-bond donors (Lipinski definition) is 4. The topological polar surface area (TPSA) is 104 Å². The van der Waals surface area contributed by atoms with Gasteiger partial charge in [0.15, 0.2) is 0 Å². The van der Waals surface area contributed by atoms with Crippen molar-refractivity contribution >= 4 is 33.7 Å². The van der Waals surface area contributed by atoms with Gasteiger partial charge in [-0.3, -0.25) is 0 Å². The first-order chi connectivity index (χ1) is 17.5. The first-order valence-corrected chi connectivity index (χ1v) is 12.1. The minimum absolute atomic E-state index is 0.640. The van der Waals surface area contributed by atoms with Gasteiger partial charge in [-0.2, -0.15) is 0 Å². The van der Waals surface area contributed by atoms with E-state index >= 15 is 0 Å². The SMILES string of the molecule is NCCc1ccccc1.NCc1ccccc1.Nc1cccc(Cl)c1.Nc1cccc2ccccc12. The fourth-order valence-corrected chi connectivity index (χ4v) is 3.38. The van der Waals surface area contributed by atoms with Crippen molar-refractivity contribution in [3.8, 4) is 0 Å². The summed E-state index contributed by atoms with van der Waals surface area (Å²) >= 11 is 5.56. The van der Waals surface area contributed by atoms with E-state index in [0.29, 0.717) is 17.3 Å². The number of hydrogen-bond acceptors (Lipinski definition) is 4. The zero-order chi connectivity index (χ0) is 26.0. The molecule has 0 heterocycles. The minimum Gasteiger partial charge on any atom is -0.399 e. The molecule has 8 N–H and O–H groups in total. The molecule has 0 fully saturated rings. The standard InChI is InChI=1S/C10H9N.C8H11N.C7H9N.C6H6ClN/c11-10-7-3-5-8-4-1-2-6-9(8)10;9-7-6-8-4-2-1-3-5-8;8-6-7-4-2-1-3-5-7;7-5-2-1-3-6(8)4-5/h1-7H,11H2;1-5H,6-7,9H2;1-5H,6,8H2;1-4H,8H2. The van der Waals surface area contributed by atoms with E-state index in [2.05, 4.69) is 24.3 Å². The van der Waals surface area contributed by atoms with Crippen LogP contribution in [0.3, 0.4) is 0 Å². The summed E-state index contributed by atoms with van der Waals surface area (Å²) in [4.78, 5) is 0. The van der Waals surface area contributed by atoms with Crippen LogP contribution in [-0.2, 0) is 13.0 Å². The maximum atomic E-state index is 5.76. The largest absolute Gasteiger partial charge is 0.399 e. The molecule has 0 unspecified atom stereocenters. The van der Waals surface area contributed by atoms with Crippen LogP contribution in [0, 0.1) is 0 Å². The highest BCUT2D eigenvalue weighted by Gasteiger charge is 1.92. The molecule has 5 aromatic rings. The predicted molar refractivity (Wildman–Crippen MR) is 158 cm³/mol. The van der Waals surface area contributed by atoms with Crippen molar-refractivity contribution in [3.05, 3.63) is 144 Å². The third kappa shape index (κ3) is 11.1. The Balaban J connectivity index is 0.000000171. The lowest BCUT2D eigenvalue weighted by Crippen LogP contribution is -2.01. The summed E-state index contributed by atoms with van der Waals surface area (Å²) in [7, 11) is 0. The maximum Gasteiger partial charge on any atom is 0.0426 e. The maximum absolute atomic E-state index is 5.76. The highest BCUT2D eigenvalue weighted by Crippen LogP contribution is 2.19. The molecule has 4 nitrogen and oxygen atoms in total. The van der Waals surface area contributed by atoms with Gasteiger partial charge >= 0.3 is 0 Å². The number of rotatable bonds is 3. The van der Waals surface area contributed by atoms with E-state index in [-0.39, 0.29) is 0 Å². The Morgan fingerprint density at radius 2 is 1.11 bits per heavy atom. The van der Waals surface area contributed by atoms with Crippen molar-refractivity contribution in [2.75, 3.05) is 18.0 Å². The molecule has 0 bridgehead atoms. The smallest absolute Gasteiger partial charge is 0.0426 e. The Bertz CT molecular complexity index is 1240. The highest BCUT2D eigenvalue weighted by atomic mass is 35.5. The van der Waals surface area contributed by atoms with Crippen LogP contribution in [0.15, 0.2) is 127 Å². The molecule has 0 amide bonds. The van der Waals surface area contributed by atoms with E-state index in [1.54, 1.807) is 18.2 Å². The fraction of sp³-hybridized carbons (Fsp3) is 0.0968. The molecule has 0 aliphatic rings. The molecule has 36 heavy (non-hydrogen) atoms. The molecular formula is C31H35ClN4. The van der Waals surface area contributed by atoms with E-state index in [1.807, 2.05) is 84.9 Å². The van der Waals surface area contributed by atoms with Gasteiger partial charge in [0.1, 0.15) is 0 Å². The summed E-state index contributed by atoms with van der Waals surface area (Å²) in [6.45, 7) is 1.38. The molecule has 0 aliphatic heterocycles. The quantitative estimate of drug-likeness (QED) is 0.208. The molecule has 186 valence electrons. The molecule has 0 radical (unpaired) electrons. The Hall–Kier alpha value is -3.83. The zero-order valence-corrected chi connectivity index (χ0v) is 21.2. The van der Waals surface area contributed by atoms with E-state index in [4.69, 9.17) is 34.5 Å². The first-order valence-electron chi connectivity index (χ1n) is 11.8. The fourth-order valence-electron chi connectivity index (χ4n) is 3.18. The second-order valence-corrected chi connectivity index (χ2v) is 8.27. The average Bonchev–Trinajstić information content (AvgIpc) is 2.91. The summed E-state index contributed by atoms with van der Waals surface area (Å²) < 4.78 is 0. The number of halogens is 1. The molecule has 0 aliphatic carbocycles. The molecule has 0 saturated carbocycles.